The zero-order chi connectivity index (χ0) is 11.5. The Labute approximate surface area is 97.7 Å². The van der Waals surface area contributed by atoms with E-state index in [1.165, 1.54) is 0 Å². The summed E-state index contributed by atoms with van der Waals surface area (Å²) in [5.41, 5.74) is 0.127. The molecule has 0 aliphatic heterocycles. The standard InChI is InChI=1S/C11H22OS2/c1-7(10(13)14-6)9(12)8(2)11(3,4)5/h7-9,12H,1-6H3/t7-,8-,9+/m1/s1. The lowest BCUT2D eigenvalue weighted by Crippen LogP contribution is -2.36. The lowest BCUT2D eigenvalue weighted by Gasteiger charge is -2.34. The van der Waals surface area contributed by atoms with E-state index in [0.717, 1.165) is 4.20 Å². The minimum atomic E-state index is -0.338. The van der Waals surface area contributed by atoms with Gasteiger partial charge in [-0.1, -0.05) is 46.8 Å². The van der Waals surface area contributed by atoms with Crippen molar-refractivity contribution in [2.45, 2.75) is 40.7 Å². The first kappa shape index (κ1) is 14.4. The lowest BCUT2D eigenvalue weighted by molar-refractivity contribution is 0.0353. The van der Waals surface area contributed by atoms with Gasteiger partial charge in [-0.05, 0) is 17.6 Å². The molecule has 0 saturated heterocycles. The number of rotatable bonds is 3. The quantitative estimate of drug-likeness (QED) is 0.756. The average Bonchev–Trinajstić information content (AvgIpc) is 2.11. The zero-order valence-corrected chi connectivity index (χ0v) is 11.6. The molecule has 0 spiro atoms. The molecule has 1 nitrogen and oxygen atoms in total. The van der Waals surface area contributed by atoms with Gasteiger partial charge in [0.05, 0.1) is 10.3 Å². The first-order valence-electron chi connectivity index (χ1n) is 4.97. The normalized spacial score (nSPS) is 18.8. The molecule has 0 amide bonds. The summed E-state index contributed by atoms with van der Waals surface area (Å²) in [6.45, 7) is 10.5. The van der Waals surface area contributed by atoms with Crippen LogP contribution in [0.1, 0.15) is 34.6 Å². The minimum absolute atomic E-state index is 0.0919. The first-order chi connectivity index (χ1) is 6.21. The molecule has 0 aromatic heterocycles. The fourth-order valence-electron chi connectivity index (χ4n) is 1.27. The van der Waals surface area contributed by atoms with Crippen molar-refractivity contribution in [3.05, 3.63) is 0 Å². The molecular formula is C11H22OS2. The fourth-order valence-corrected chi connectivity index (χ4v) is 1.92. The Morgan fingerprint density at radius 1 is 1.29 bits per heavy atom. The zero-order valence-electron chi connectivity index (χ0n) is 10.00. The number of aliphatic hydroxyl groups is 1. The summed E-state index contributed by atoms with van der Waals surface area (Å²) in [5.74, 6) is 0.344. The Morgan fingerprint density at radius 2 is 1.71 bits per heavy atom. The molecule has 0 radical (unpaired) electrons. The molecule has 0 aliphatic carbocycles. The predicted octanol–water partition coefficient (Wildman–Crippen LogP) is 3.36. The van der Waals surface area contributed by atoms with Crippen molar-refractivity contribution in [1.29, 1.82) is 0 Å². The van der Waals surface area contributed by atoms with Crippen LogP contribution in [0.25, 0.3) is 0 Å². The van der Waals surface area contributed by atoms with Gasteiger partial charge in [0.25, 0.3) is 0 Å². The van der Waals surface area contributed by atoms with Crippen LogP contribution >= 0.6 is 24.0 Å². The van der Waals surface area contributed by atoms with E-state index in [1.54, 1.807) is 11.8 Å². The third-order valence-corrected chi connectivity index (χ3v) is 4.61. The van der Waals surface area contributed by atoms with Crippen LogP contribution in [-0.2, 0) is 0 Å². The van der Waals surface area contributed by atoms with Crippen molar-refractivity contribution in [1.82, 2.24) is 0 Å². The first-order valence-corrected chi connectivity index (χ1v) is 6.61. The maximum absolute atomic E-state index is 10.1. The Balaban J connectivity index is 4.46. The van der Waals surface area contributed by atoms with E-state index in [-0.39, 0.29) is 23.4 Å². The van der Waals surface area contributed by atoms with Gasteiger partial charge in [0.2, 0.25) is 0 Å². The van der Waals surface area contributed by atoms with Crippen LogP contribution < -0.4 is 0 Å². The Hall–Kier alpha value is 0.400. The van der Waals surface area contributed by atoms with E-state index in [9.17, 15) is 5.11 Å². The van der Waals surface area contributed by atoms with Gasteiger partial charge in [0.15, 0.2) is 0 Å². The Kier molecular flexibility index (Phi) is 5.63. The molecule has 0 aliphatic rings. The predicted molar refractivity (Wildman–Crippen MR) is 69.9 cm³/mol. The van der Waals surface area contributed by atoms with Crippen LogP contribution in [-0.4, -0.2) is 21.7 Å². The van der Waals surface area contributed by atoms with E-state index in [1.807, 2.05) is 13.2 Å². The van der Waals surface area contributed by atoms with Crippen molar-refractivity contribution in [3.63, 3.8) is 0 Å². The number of hydrogen-bond acceptors (Lipinski definition) is 3. The SMILES string of the molecule is CSC(=S)[C@H](C)[C@H](O)[C@@H](C)C(C)(C)C. The minimum Gasteiger partial charge on any atom is -0.392 e. The van der Waals surface area contributed by atoms with Crippen molar-refractivity contribution in [2.75, 3.05) is 6.26 Å². The fraction of sp³-hybridized carbons (Fsp3) is 0.909. The highest BCUT2D eigenvalue weighted by Crippen LogP contribution is 2.32. The number of hydrogen-bond donors (Lipinski definition) is 1. The van der Waals surface area contributed by atoms with Crippen LogP contribution in [0, 0.1) is 17.3 Å². The summed E-state index contributed by atoms with van der Waals surface area (Å²) >= 11 is 6.76. The molecule has 84 valence electrons. The van der Waals surface area contributed by atoms with E-state index >= 15 is 0 Å². The maximum Gasteiger partial charge on any atom is 0.0649 e. The van der Waals surface area contributed by atoms with Gasteiger partial charge in [-0.15, -0.1) is 11.8 Å². The van der Waals surface area contributed by atoms with Crippen LogP contribution in [0.15, 0.2) is 0 Å². The van der Waals surface area contributed by atoms with Gasteiger partial charge >= 0.3 is 0 Å². The molecule has 1 N–H and O–H groups in total. The van der Waals surface area contributed by atoms with Gasteiger partial charge in [0, 0.05) is 5.92 Å². The van der Waals surface area contributed by atoms with Gasteiger partial charge in [-0.3, -0.25) is 0 Å². The van der Waals surface area contributed by atoms with E-state index in [2.05, 4.69) is 27.7 Å². The molecule has 0 saturated carbocycles. The average molecular weight is 234 g/mol. The highest BCUT2D eigenvalue weighted by atomic mass is 32.2. The van der Waals surface area contributed by atoms with Crippen molar-refractivity contribution >= 4 is 28.2 Å². The van der Waals surface area contributed by atoms with Crippen LogP contribution in [0.4, 0.5) is 0 Å². The summed E-state index contributed by atoms with van der Waals surface area (Å²) in [6.07, 6.45) is 1.63. The highest BCUT2D eigenvalue weighted by molar-refractivity contribution is 8.22. The molecule has 0 unspecified atom stereocenters. The second kappa shape index (κ2) is 5.47. The van der Waals surface area contributed by atoms with Crippen LogP contribution in [0.5, 0.6) is 0 Å². The van der Waals surface area contributed by atoms with Gasteiger partial charge in [-0.25, -0.2) is 0 Å². The summed E-state index contributed by atoms with van der Waals surface area (Å²) in [7, 11) is 0. The topological polar surface area (TPSA) is 20.2 Å². The monoisotopic (exact) mass is 234 g/mol. The molecule has 0 heterocycles. The van der Waals surface area contributed by atoms with E-state index in [4.69, 9.17) is 12.2 Å². The van der Waals surface area contributed by atoms with Crippen molar-refractivity contribution < 1.29 is 5.11 Å². The second-order valence-corrected chi connectivity index (χ2v) is 6.50. The third kappa shape index (κ3) is 3.87. The van der Waals surface area contributed by atoms with Gasteiger partial charge in [0.1, 0.15) is 0 Å². The summed E-state index contributed by atoms with van der Waals surface area (Å²) in [5, 5.41) is 10.1. The molecule has 0 aromatic carbocycles. The van der Waals surface area contributed by atoms with Gasteiger partial charge < -0.3 is 5.11 Å². The largest absolute Gasteiger partial charge is 0.392 e. The lowest BCUT2D eigenvalue weighted by atomic mass is 9.76. The molecule has 14 heavy (non-hydrogen) atoms. The van der Waals surface area contributed by atoms with Crippen molar-refractivity contribution in [2.24, 2.45) is 17.3 Å². The number of thioether (sulfide) groups is 1. The molecule has 0 bridgehead atoms. The summed E-state index contributed by atoms with van der Waals surface area (Å²) in [6, 6.07) is 0. The Morgan fingerprint density at radius 3 is 2.00 bits per heavy atom. The highest BCUT2D eigenvalue weighted by Gasteiger charge is 2.31. The van der Waals surface area contributed by atoms with Crippen LogP contribution in [0.3, 0.4) is 0 Å². The molecule has 0 aromatic rings. The summed E-state index contributed by atoms with van der Waals surface area (Å²) in [4.78, 5) is 0. The van der Waals surface area contributed by atoms with Gasteiger partial charge in [-0.2, -0.15) is 0 Å². The molecule has 3 heteroatoms. The number of aliphatic hydroxyl groups excluding tert-OH is 1. The van der Waals surface area contributed by atoms with E-state index < -0.39 is 0 Å². The maximum atomic E-state index is 10.1. The Bertz CT molecular complexity index is 196. The third-order valence-electron chi connectivity index (χ3n) is 2.96. The smallest absolute Gasteiger partial charge is 0.0649 e. The molecule has 0 rings (SSSR count). The summed E-state index contributed by atoms with van der Waals surface area (Å²) < 4.78 is 0.897. The van der Waals surface area contributed by atoms with Crippen molar-refractivity contribution in [3.8, 4) is 0 Å². The number of thiocarbonyl (C=S) groups is 1. The second-order valence-electron chi connectivity index (χ2n) is 4.96. The van der Waals surface area contributed by atoms with E-state index in [0.29, 0.717) is 0 Å². The molecule has 3 atom stereocenters. The van der Waals surface area contributed by atoms with Crippen LogP contribution in [0.2, 0.25) is 0 Å². The molecular weight excluding hydrogens is 212 g/mol. The molecule has 0 fully saturated rings.